The summed E-state index contributed by atoms with van der Waals surface area (Å²) in [6.07, 6.45) is 3.11. The van der Waals surface area contributed by atoms with E-state index in [2.05, 4.69) is 5.32 Å². The predicted octanol–water partition coefficient (Wildman–Crippen LogP) is 3.44. The molecule has 0 saturated heterocycles. The largest absolute Gasteiger partial charge is 0.491 e. The maximum Gasteiger partial charge on any atom is 0.306 e. The number of ether oxygens (including phenoxy) is 1. The van der Waals surface area contributed by atoms with E-state index in [1.807, 2.05) is 6.92 Å². The van der Waals surface area contributed by atoms with Crippen LogP contribution in [0, 0.1) is 17.7 Å². The van der Waals surface area contributed by atoms with Gasteiger partial charge in [0.2, 0.25) is 5.91 Å². The molecule has 1 aliphatic rings. The highest BCUT2D eigenvalue weighted by atomic mass is 19.1. The molecule has 0 aromatic heterocycles. The van der Waals surface area contributed by atoms with E-state index in [0.717, 1.165) is 12.8 Å². The first-order valence-corrected chi connectivity index (χ1v) is 7.97. The molecular weight excluding hydrogens is 301 g/mol. The average Bonchev–Trinajstić information content (AvgIpc) is 2.55. The van der Waals surface area contributed by atoms with Gasteiger partial charge in [-0.1, -0.05) is 13.3 Å². The number of hydrogen-bond acceptors (Lipinski definition) is 3. The van der Waals surface area contributed by atoms with E-state index in [0.29, 0.717) is 37.3 Å². The topological polar surface area (TPSA) is 75.6 Å². The van der Waals surface area contributed by atoms with Gasteiger partial charge in [-0.25, -0.2) is 4.39 Å². The van der Waals surface area contributed by atoms with Crippen molar-refractivity contribution in [3.8, 4) is 5.75 Å². The summed E-state index contributed by atoms with van der Waals surface area (Å²) in [7, 11) is 0. The number of nitrogens with one attached hydrogen (secondary N) is 1. The van der Waals surface area contributed by atoms with E-state index in [9.17, 15) is 14.0 Å². The maximum atomic E-state index is 13.3. The van der Waals surface area contributed by atoms with Gasteiger partial charge in [-0.05, 0) is 37.8 Å². The Kier molecular flexibility index (Phi) is 5.96. The lowest BCUT2D eigenvalue weighted by atomic mass is 9.81. The van der Waals surface area contributed by atoms with E-state index in [4.69, 9.17) is 9.84 Å². The van der Waals surface area contributed by atoms with Crippen molar-refractivity contribution in [1.82, 2.24) is 0 Å². The minimum absolute atomic E-state index is 0.232. The van der Waals surface area contributed by atoms with Crippen molar-refractivity contribution in [2.75, 3.05) is 11.9 Å². The van der Waals surface area contributed by atoms with E-state index >= 15 is 0 Å². The summed E-state index contributed by atoms with van der Waals surface area (Å²) < 4.78 is 18.8. The lowest BCUT2D eigenvalue weighted by molar-refractivity contribution is -0.143. The van der Waals surface area contributed by atoms with Crippen LogP contribution in [0.3, 0.4) is 0 Å². The number of carbonyl (C=O) groups is 2. The fraction of sp³-hybridized carbons (Fsp3) is 0.529. The fourth-order valence-electron chi connectivity index (χ4n) is 2.82. The van der Waals surface area contributed by atoms with Gasteiger partial charge in [0.15, 0.2) is 0 Å². The normalized spacial score (nSPS) is 20.8. The molecule has 2 unspecified atom stereocenters. The van der Waals surface area contributed by atoms with E-state index < -0.39 is 17.7 Å². The fourth-order valence-corrected chi connectivity index (χ4v) is 2.82. The first kappa shape index (κ1) is 17.2. The second-order valence-electron chi connectivity index (χ2n) is 5.88. The van der Waals surface area contributed by atoms with Crippen LogP contribution in [-0.4, -0.2) is 23.6 Å². The average molecular weight is 323 g/mol. The van der Waals surface area contributed by atoms with Gasteiger partial charge < -0.3 is 15.2 Å². The Hall–Kier alpha value is -2.11. The molecule has 2 N–H and O–H groups in total. The monoisotopic (exact) mass is 323 g/mol. The zero-order valence-electron chi connectivity index (χ0n) is 13.2. The smallest absolute Gasteiger partial charge is 0.306 e. The van der Waals surface area contributed by atoms with Gasteiger partial charge in [-0.3, -0.25) is 9.59 Å². The number of carboxylic acid groups (broad SMARTS) is 1. The molecule has 0 bridgehead atoms. The number of aliphatic carboxylic acids is 1. The molecule has 1 aliphatic carbocycles. The molecule has 5 nitrogen and oxygen atoms in total. The molecule has 0 aliphatic heterocycles. The summed E-state index contributed by atoms with van der Waals surface area (Å²) in [5.74, 6) is -2.03. The highest BCUT2D eigenvalue weighted by Gasteiger charge is 2.31. The molecule has 6 heteroatoms. The molecule has 1 fully saturated rings. The van der Waals surface area contributed by atoms with Gasteiger partial charge in [-0.2, -0.15) is 0 Å². The van der Waals surface area contributed by atoms with E-state index in [1.54, 1.807) is 0 Å². The van der Waals surface area contributed by atoms with E-state index in [-0.39, 0.29) is 11.8 Å². The SMILES string of the molecule is CCCOc1cc(F)ccc1NC(=O)C1CCCC(C(=O)O)C1. The van der Waals surface area contributed by atoms with E-state index in [1.165, 1.54) is 18.2 Å². The van der Waals surface area contributed by atoms with Crippen molar-refractivity contribution in [3.63, 3.8) is 0 Å². The minimum atomic E-state index is -0.851. The zero-order valence-corrected chi connectivity index (χ0v) is 13.2. The number of halogens is 1. The number of carbonyl (C=O) groups excluding carboxylic acids is 1. The molecule has 23 heavy (non-hydrogen) atoms. The van der Waals surface area contributed by atoms with Crippen molar-refractivity contribution in [2.45, 2.75) is 39.0 Å². The molecule has 0 spiro atoms. The van der Waals surface area contributed by atoms with Gasteiger partial charge in [0.05, 0.1) is 18.2 Å². The van der Waals surface area contributed by atoms with Gasteiger partial charge in [0.25, 0.3) is 0 Å². The zero-order chi connectivity index (χ0) is 16.8. The van der Waals surface area contributed by atoms with Crippen molar-refractivity contribution >= 4 is 17.6 Å². The van der Waals surface area contributed by atoms with Crippen LogP contribution in [0.2, 0.25) is 0 Å². The molecule has 2 rings (SSSR count). The van der Waals surface area contributed by atoms with Gasteiger partial charge >= 0.3 is 5.97 Å². The third kappa shape index (κ3) is 4.68. The Morgan fingerprint density at radius 3 is 2.78 bits per heavy atom. The Labute approximate surface area is 134 Å². The number of anilines is 1. The maximum absolute atomic E-state index is 13.3. The summed E-state index contributed by atoms with van der Waals surface area (Å²) in [5.41, 5.74) is 0.419. The molecule has 1 aromatic rings. The number of rotatable bonds is 6. The highest BCUT2D eigenvalue weighted by Crippen LogP contribution is 2.32. The highest BCUT2D eigenvalue weighted by molar-refractivity contribution is 5.94. The van der Waals surface area contributed by atoms with Crippen LogP contribution in [0.5, 0.6) is 5.75 Å². The van der Waals surface area contributed by atoms with Crippen molar-refractivity contribution < 1.29 is 23.8 Å². The molecule has 126 valence electrons. The van der Waals surface area contributed by atoms with Crippen LogP contribution in [-0.2, 0) is 9.59 Å². The third-order valence-electron chi connectivity index (χ3n) is 4.06. The predicted molar refractivity (Wildman–Crippen MR) is 83.9 cm³/mol. The van der Waals surface area contributed by atoms with Gasteiger partial charge in [0, 0.05) is 12.0 Å². The number of carboxylic acids is 1. The van der Waals surface area contributed by atoms with Crippen molar-refractivity contribution in [2.24, 2.45) is 11.8 Å². The quantitative estimate of drug-likeness (QED) is 0.841. The number of benzene rings is 1. The van der Waals surface area contributed by atoms with Crippen LogP contribution >= 0.6 is 0 Å². The summed E-state index contributed by atoms with van der Waals surface area (Å²) in [4.78, 5) is 23.5. The third-order valence-corrected chi connectivity index (χ3v) is 4.06. The number of amides is 1. The van der Waals surface area contributed by atoms with Crippen LogP contribution < -0.4 is 10.1 Å². The molecule has 1 saturated carbocycles. The standard InChI is InChI=1S/C17H22FNO4/c1-2-8-23-15-10-13(18)6-7-14(15)19-16(20)11-4-3-5-12(9-11)17(21)22/h6-7,10-12H,2-5,8-9H2,1H3,(H,19,20)(H,21,22). The summed E-state index contributed by atoms with van der Waals surface area (Å²) in [6.45, 7) is 2.36. The summed E-state index contributed by atoms with van der Waals surface area (Å²) in [6, 6.07) is 3.97. The number of hydrogen-bond donors (Lipinski definition) is 2. The molecule has 2 atom stereocenters. The molecule has 0 heterocycles. The Morgan fingerprint density at radius 1 is 1.35 bits per heavy atom. The molecule has 0 radical (unpaired) electrons. The Balaban J connectivity index is 2.06. The molecule has 1 amide bonds. The van der Waals surface area contributed by atoms with Crippen molar-refractivity contribution in [3.05, 3.63) is 24.0 Å². The molecule has 1 aromatic carbocycles. The van der Waals surface area contributed by atoms with Crippen LogP contribution in [0.25, 0.3) is 0 Å². The summed E-state index contributed by atoms with van der Waals surface area (Å²) in [5, 5.41) is 11.9. The summed E-state index contributed by atoms with van der Waals surface area (Å²) >= 11 is 0. The van der Waals surface area contributed by atoms with Crippen LogP contribution in [0.1, 0.15) is 39.0 Å². The first-order valence-electron chi connectivity index (χ1n) is 7.97. The second-order valence-corrected chi connectivity index (χ2v) is 5.88. The Bertz CT molecular complexity index is 576. The van der Waals surface area contributed by atoms with Gasteiger partial charge in [-0.15, -0.1) is 0 Å². The lowest BCUT2D eigenvalue weighted by Crippen LogP contribution is -2.31. The van der Waals surface area contributed by atoms with Crippen LogP contribution in [0.4, 0.5) is 10.1 Å². The van der Waals surface area contributed by atoms with Crippen LogP contribution in [0.15, 0.2) is 18.2 Å². The second kappa shape index (κ2) is 7.94. The lowest BCUT2D eigenvalue weighted by Gasteiger charge is -2.26. The molecular formula is C17H22FNO4. The van der Waals surface area contributed by atoms with Crippen molar-refractivity contribution in [1.29, 1.82) is 0 Å². The Morgan fingerprint density at radius 2 is 2.09 bits per heavy atom. The van der Waals surface area contributed by atoms with Gasteiger partial charge in [0.1, 0.15) is 11.6 Å². The minimum Gasteiger partial charge on any atom is -0.491 e. The first-order chi connectivity index (χ1) is 11.0.